The maximum atomic E-state index is 11.9. The number of carbonyl (C=O) groups is 1. The molecule has 0 unspecified atom stereocenters. The second-order valence-electron chi connectivity index (χ2n) is 6.83. The smallest absolute Gasteiger partial charge is 0.309 e. The Bertz CT molecular complexity index is 653. The fourth-order valence-corrected chi connectivity index (χ4v) is 3.09. The van der Waals surface area contributed by atoms with E-state index in [9.17, 15) is 4.79 Å². The van der Waals surface area contributed by atoms with Crippen LogP contribution in [0.2, 0.25) is 0 Å². The van der Waals surface area contributed by atoms with Crippen molar-refractivity contribution in [2.75, 3.05) is 32.8 Å². The van der Waals surface area contributed by atoms with Crippen LogP contribution >= 0.6 is 24.0 Å². The van der Waals surface area contributed by atoms with Crippen LogP contribution in [0, 0.1) is 5.92 Å². The highest BCUT2D eigenvalue weighted by atomic mass is 127. The minimum atomic E-state index is -0.0785. The van der Waals surface area contributed by atoms with Gasteiger partial charge in [-0.15, -0.1) is 34.2 Å². The molecule has 2 rings (SSSR count). The van der Waals surface area contributed by atoms with E-state index in [1.165, 1.54) is 0 Å². The summed E-state index contributed by atoms with van der Waals surface area (Å²) in [4.78, 5) is 18.8. The quantitative estimate of drug-likeness (QED) is 0.192. The van der Waals surface area contributed by atoms with Crippen LogP contribution in [0.15, 0.2) is 23.5 Å². The van der Waals surface area contributed by atoms with Crippen LogP contribution in [0.1, 0.15) is 39.4 Å². The maximum Gasteiger partial charge on any atom is 0.309 e. The number of esters is 1. The molecule has 1 aromatic heterocycles. The van der Waals surface area contributed by atoms with Crippen LogP contribution < -0.4 is 5.32 Å². The summed E-state index contributed by atoms with van der Waals surface area (Å²) in [6.45, 7) is 13.9. The molecule has 158 valence electrons. The monoisotopic (exact) mass is 504 g/mol. The Kier molecular flexibility index (Phi) is 11.1. The lowest BCUT2D eigenvalue weighted by atomic mass is 9.97. The van der Waals surface area contributed by atoms with Gasteiger partial charge in [-0.3, -0.25) is 4.79 Å². The van der Waals surface area contributed by atoms with E-state index in [-0.39, 0.29) is 35.9 Å². The van der Waals surface area contributed by atoms with Gasteiger partial charge in [-0.05, 0) is 26.7 Å². The number of nitrogens with zero attached hydrogens (tertiary/aromatic N) is 5. The zero-order valence-corrected chi connectivity index (χ0v) is 19.5. The Labute approximate surface area is 184 Å². The third-order valence-corrected chi connectivity index (χ3v) is 4.56. The fourth-order valence-electron chi connectivity index (χ4n) is 3.09. The van der Waals surface area contributed by atoms with Crippen molar-refractivity contribution in [2.45, 2.75) is 46.6 Å². The molecule has 0 saturated carbocycles. The van der Waals surface area contributed by atoms with Crippen LogP contribution in [0.25, 0.3) is 0 Å². The number of aryl methyl sites for hydroxylation is 1. The Balaban J connectivity index is 0.00000392. The van der Waals surface area contributed by atoms with Gasteiger partial charge in [0.2, 0.25) is 0 Å². The van der Waals surface area contributed by atoms with E-state index in [0.29, 0.717) is 13.2 Å². The summed E-state index contributed by atoms with van der Waals surface area (Å²) < 4.78 is 7.21. The third-order valence-electron chi connectivity index (χ3n) is 4.56. The molecule has 1 aromatic rings. The van der Waals surface area contributed by atoms with Crippen molar-refractivity contribution in [3.05, 3.63) is 24.3 Å². The first-order valence-corrected chi connectivity index (χ1v) is 9.76. The van der Waals surface area contributed by atoms with Gasteiger partial charge in [-0.25, -0.2) is 4.99 Å². The molecule has 1 aliphatic rings. The molecule has 1 saturated heterocycles. The lowest BCUT2D eigenvalue weighted by Crippen LogP contribution is -2.47. The van der Waals surface area contributed by atoms with Crippen molar-refractivity contribution in [2.24, 2.45) is 10.9 Å². The number of likely N-dealkylation sites (tertiary alicyclic amines) is 1. The van der Waals surface area contributed by atoms with Crippen LogP contribution in [0.5, 0.6) is 0 Å². The lowest BCUT2D eigenvalue weighted by molar-refractivity contribution is -0.149. The van der Waals surface area contributed by atoms with E-state index in [0.717, 1.165) is 62.8 Å². The van der Waals surface area contributed by atoms with Gasteiger partial charge in [-0.1, -0.05) is 19.1 Å². The predicted molar refractivity (Wildman–Crippen MR) is 121 cm³/mol. The summed E-state index contributed by atoms with van der Waals surface area (Å²) in [5.74, 6) is 1.76. The number of carbonyl (C=O) groups excluding carboxylic acids is 1. The molecule has 0 radical (unpaired) electrons. The number of guanidine groups is 1. The van der Waals surface area contributed by atoms with Crippen molar-refractivity contribution in [1.29, 1.82) is 0 Å². The highest BCUT2D eigenvalue weighted by Crippen LogP contribution is 2.18. The number of piperidine rings is 1. The number of aliphatic imine (C=N–C) groups is 1. The van der Waals surface area contributed by atoms with Gasteiger partial charge < -0.3 is 19.5 Å². The lowest BCUT2D eigenvalue weighted by Gasteiger charge is -2.33. The fraction of sp³-hybridized carbons (Fsp3) is 0.684. The molecule has 0 bridgehead atoms. The van der Waals surface area contributed by atoms with Gasteiger partial charge >= 0.3 is 5.97 Å². The summed E-state index contributed by atoms with van der Waals surface area (Å²) in [5.41, 5.74) is 1.02. The van der Waals surface area contributed by atoms with Gasteiger partial charge in [0, 0.05) is 32.6 Å². The van der Waals surface area contributed by atoms with E-state index in [1.54, 1.807) is 6.33 Å². The molecule has 0 aromatic carbocycles. The molecular weight excluding hydrogens is 471 g/mol. The highest BCUT2D eigenvalue weighted by Gasteiger charge is 2.27. The molecule has 1 aliphatic heterocycles. The first kappa shape index (κ1) is 24.4. The molecule has 2 heterocycles. The van der Waals surface area contributed by atoms with Gasteiger partial charge in [0.05, 0.1) is 19.1 Å². The number of halogens is 1. The molecule has 0 aliphatic carbocycles. The maximum absolute atomic E-state index is 11.9. The number of hydrogen-bond acceptors (Lipinski definition) is 5. The standard InChI is InChI=1S/C19H32N6O2.HI/c1-5-17-23-22-14-25(17)12-9-20-19(21-13-15(3)4)24-10-7-16(8-11-24)18(26)27-6-2;/h14,16H,3,5-13H2,1-2,4H3,(H,20,21);1H. The summed E-state index contributed by atoms with van der Waals surface area (Å²) in [6.07, 6.45) is 4.20. The summed E-state index contributed by atoms with van der Waals surface area (Å²) in [6, 6.07) is 0. The number of rotatable bonds is 8. The SMILES string of the molecule is C=C(C)CN=C(NCCn1cnnc1CC)N1CCC(C(=O)OCC)CC1.I. The molecule has 1 fully saturated rings. The zero-order chi connectivity index (χ0) is 19.6. The molecule has 9 heteroatoms. The van der Waals surface area contributed by atoms with Crippen molar-refractivity contribution >= 4 is 35.9 Å². The second kappa shape index (κ2) is 12.7. The normalized spacial score (nSPS) is 15.1. The average Bonchev–Trinajstić information content (AvgIpc) is 3.12. The topological polar surface area (TPSA) is 84.6 Å². The third kappa shape index (κ3) is 7.40. The largest absolute Gasteiger partial charge is 0.466 e. The van der Waals surface area contributed by atoms with E-state index < -0.39 is 0 Å². The van der Waals surface area contributed by atoms with E-state index in [1.807, 2.05) is 13.8 Å². The first-order chi connectivity index (χ1) is 13.0. The van der Waals surface area contributed by atoms with Crippen LogP contribution in [-0.4, -0.2) is 64.4 Å². The summed E-state index contributed by atoms with van der Waals surface area (Å²) in [7, 11) is 0. The van der Waals surface area contributed by atoms with Crippen molar-refractivity contribution in [3.8, 4) is 0 Å². The average molecular weight is 504 g/mol. The Morgan fingerprint density at radius 2 is 2.11 bits per heavy atom. The first-order valence-electron chi connectivity index (χ1n) is 9.76. The Morgan fingerprint density at radius 3 is 2.71 bits per heavy atom. The van der Waals surface area contributed by atoms with E-state index in [4.69, 9.17) is 4.74 Å². The second-order valence-corrected chi connectivity index (χ2v) is 6.83. The van der Waals surface area contributed by atoms with Crippen LogP contribution in [0.3, 0.4) is 0 Å². The molecule has 0 amide bonds. The van der Waals surface area contributed by atoms with E-state index in [2.05, 4.69) is 43.5 Å². The summed E-state index contributed by atoms with van der Waals surface area (Å²) >= 11 is 0. The molecule has 0 spiro atoms. The number of aromatic nitrogens is 3. The molecule has 1 N–H and O–H groups in total. The Hall–Kier alpha value is -1.65. The Morgan fingerprint density at radius 1 is 1.39 bits per heavy atom. The number of nitrogens with one attached hydrogen (secondary N) is 1. The van der Waals surface area contributed by atoms with Gasteiger partial charge in [-0.2, -0.15) is 0 Å². The molecule has 28 heavy (non-hydrogen) atoms. The number of ether oxygens (including phenoxy) is 1. The van der Waals surface area contributed by atoms with Crippen molar-refractivity contribution in [3.63, 3.8) is 0 Å². The summed E-state index contributed by atoms with van der Waals surface area (Å²) in [5, 5.41) is 11.5. The molecule has 8 nitrogen and oxygen atoms in total. The predicted octanol–water partition coefficient (Wildman–Crippen LogP) is 2.26. The molecular formula is C19H33IN6O2. The number of hydrogen-bond donors (Lipinski definition) is 1. The van der Waals surface area contributed by atoms with Crippen LogP contribution in [-0.2, 0) is 22.5 Å². The van der Waals surface area contributed by atoms with Crippen LogP contribution in [0.4, 0.5) is 0 Å². The van der Waals surface area contributed by atoms with Gasteiger partial charge in [0.15, 0.2) is 5.96 Å². The van der Waals surface area contributed by atoms with Gasteiger partial charge in [0.25, 0.3) is 0 Å². The zero-order valence-electron chi connectivity index (χ0n) is 17.2. The minimum Gasteiger partial charge on any atom is -0.466 e. The highest BCUT2D eigenvalue weighted by molar-refractivity contribution is 14.0. The van der Waals surface area contributed by atoms with Crippen molar-refractivity contribution < 1.29 is 9.53 Å². The minimum absolute atomic E-state index is 0. The van der Waals surface area contributed by atoms with Gasteiger partial charge in [0.1, 0.15) is 12.2 Å². The van der Waals surface area contributed by atoms with Crippen molar-refractivity contribution in [1.82, 2.24) is 25.0 Å². The van der Waals surface area contributed by atoms with E-state index >= 15 is 0 Å². The molecule has 0 atom stereocenters.